The van der Waals surface area contributed by atoms with Crippen LogP contribution in [0.5, 0.6) is 0 Å². The molecule has 0 aromatic heterocycles. The first-order valence-corrected chi connectivity index (χ1v) is 8.14. The third kappa shape index (κ3) is 4.72. The highest BCUT2D eigenvalue weighted by molar-refractivity contribution is 5.81. The van der Waals surface area contributed by atoms with Gasteiger partial charge in [0.15, 0.2) is 0 Å². The van der Waals surface area contributed by atoms with E-state index < -0.39 is 0 Å². The van der Waals surface area contributed by atoms with Crippen molar-refractivity contribution in [2.24, 2.45) is 5.73 Å². The number of ether oxygens (including phenoxy) is 1. The molecule has 0 bridgehead atoms. The van der Waals surface area contributed by atoms with Crippen LogP contribution in [-0.4, -0.2) is 67.7 Å². The topological polar surface area (TPSA) is 58.8 Å². The Morgan fingerprint density at radius 2 is 2.00 bits per heavy atom. The lowest BCUT2D eigenvalue weighted by Gasteiger charge is -2.28. The number of amides is 1. The second kappa shape index (κ2) is 8.60. The van der Waals surface area contributed by atoms with Crippen LogP contribution in [0.2, 0.25) is 0 Å². The zero-order valence-electron chi connectivity index (χ0n) is 12.6. The van der Waals surface area contributed by atoms with Gasteiger partial charge in [0.2, 0.25) is 0 Å². The maximum atomic E-state index is 12.4. The zero-order valence-corrected chi connectivity index (χ0v) is 12.6. The van der Waals surface area contributed by atoms with Crippen molar-refractivity contribution in [1.29, 1.82) is 0 Å². The molecule has 0 spiro atoms. The first kappa shape index (κ1) is 15.7. The lowest BCUT2D eigenvalue weighted by Crippen LogP contribution is -2.43. The molecule has 1 atom stereocenters. The third-order valence-corrected chi connectivity index (χ3v) is 4.28. The van der Waals surface area contributed by atoms with Gasteiger partial charge < -0.3 is 20.3 Å². The molecule has 1 amide bonds. The number of hydrogen-bond acceptors (Lipinski definition) is 4. The van der Waals surface area contributed by atoms with E-state index in [-0.39, 0.29) is 12.0 Å². The largest absolute Gasteiger partial charge is 0.368 e. The highest BCUT2D eigenvalue weighted by Gasteiger charge is 2.28. The molecule has 2 aliphatic heterocycles. The molecule has 5 heteroatoms. The quantitative estimate of drug-likeness (QED) is 0.759. The highest BCUT2D eigenvalue weighted by atomic mass is 16.5. The summed E-state index contributed by atoms with van der Waals surface area (Å²) in [4.78, 5) is 16.9. The van der Waals surface area contributed by atoms with E-state index in [2.05, 4.69) is 4.90 Å². The molecule has 0 saturated carbocycles. The van der Waals surface area contributed by atoms with Crippen molar-refractivity contribution in [3.63, 3.8) is 0 Å². The van der Waals surface area contributed by atoms with Crippen molar-refractivity contribution >= 4 is 5.91 Å². The summed E-state index contributed by atoms with van der Waals surface area (Å²) in [7, 11) is 0. The highest BCUT2D eigenvalue weighted by Crippen LogP contribution is 2.16. The molecule has 0 radical (unpaired) electrons. The molecule has 2 rings (SSSR count). The Bertz CT molecular complexity index is 293. The Morgan fingerprint density at radius 1 is 1.10 bits per heavy atom. The summed E-state index contributed by atoms with van der Waals surface area (Å²) < 4.78 is 5.62. The zero-order chi connectivity index (χ0) is 14.2. The van der Waals surface area contributed by atoms with Crippen LogP contribution in [0.4, 0.5) is 0 Å². The average molecular weight is 283 g/mol. The Morgan fingerprint density at radius 3 is 2.75 bits per heavy atom. The minimum absolute atomic E-state index is 0.174. The molecular weight excluding hydrogens is 254 g/mol. The van der Waals surface area contributed by atoms with Gasteiger partial charge in [0.1, 0.15) is 6.10 Å². The van der Waals surface area contributed by atoms with Crippen LogP contribution in [-0.2, 0) is 9.53 Å². The number of carbonyl (C=O) groups is 1. The summed E-state index contributed by atoms with van der Waals surface area (Å²) in [5, 5.41) is 0. The van der Waals surface area contributed by atoms with Crippen LogP contribution in [0, 0.1) is 0 Å². The SMILES string of the molecule is NCCCCN1CCCN(C(=O)C2CCCCO2)CC1. The van der Waals surface area contributed by atoms with Crippen molar-refractivity contribution < 1.29 is 9.53 Å². The number of nitrogens with two attached hydrogens (primary N) is 1. The van der Waals surface area contributed by atoms with Crippen LogP contribution in [0.25, 0.3) is 0 Å². The second-order valence-corrected chi connectivity index (χ2v) is 5.87. The number of unbranched alkanes of at least 4 members (excludes halogenated alkanes) is 1. The number of nitrogens with zero attached hydrogens (tertiary/aromatic N) is 2. The van der Waals surface area contributed by atoms with Gasteiger partial charge in [-0.05, 0) is 58.2 Å². The van der Waals surface area contributed by atoms with Gasteiger partial charge in [-0.3, -0.25) is 4.79 Å². The fourth-order valence-corrected chi connectivity index (χ4v) is 3.03. The van der Waals surface area contributed by atoms with E-state index in [1.165, 1.54) is 0 Å². The third-order valence-electron chi connectivity index (χ3n) is 4.28. The Hall–Kier alpha value is -0.650. The van der Waals surface area contributed by atoms with Gasteiger partial charge in [0.25, 0.3) is 5.91 Å². The lowest BCUT2D eigenvalue weighted by atomic mass is 10.1. The molecule has 0 aromatic carbocycles. The van der Waals surface area contributed by atoms with E-state index in [4.69, 9.17) is 10.5 Å². The molecular formula is C15H29N3O2. The predicted octanol–water partition coefficient (Wildman–Crippen LogP) is 0.829. The van der Waals surface area contributed by atoms with E-state index in [0.29, 0.717) is 0 Å². The summed E-state index contributed by atoms with van der Waals surface area (Å²) in [6.45, 7) is 6.45. The van der Waals surface area contributed by atoms with Crippen LogP contribution in [0.1, 0.15) is 38.5 Å². The molecule has 20 heavy (non-hydrogen) atoms. The Labute approximate surface area is 122 Å². The molecule has 0 aliphatic carbocycles. The van der Waals surface area contributed by atoms with Crippen molar-refractivity contribution in [3.8, 4) is 0 Å². The first-order valence-electron chi connectivity index (χ1n) is 8.14. The van der Waals surface area contributed by atoms with Gasteiger partial charge in [-0.2, -0.15) is 0 Å². The van der Waals surface area contributed by atoms with Crippen molar-refractivity contribution in [2.45, 2.75) is 44.6 Å². The number of hydrogen-bond donors (Lipinski definition) is 1. The Balaban J connectivity index is 1.75. The van der Waals surface area contributed by atoms with Crippen molar-refractivity contribution in [3.05, 3.63) is 0 Å². The molecule has 2 saturated heterocycles. The van der Waals surface area contributed by atoms with Gasteiger partial charge in [0.05, 0.1) is 0 Å². The monoisotopic (exact) mass is 283 g/mol. The maximum Gasteiger partial charge on any atom is 0.251 e. The van der Waals surface area contributed by atoms with Crippen LogP contribution in [0.3, 0.4) is 0 Å². The minimum Gasteiger partial charge on any atom is -0.368 e. The molecule has 116 valence electrons. The number of rotatable bonds is 5. The molecule has 2 fully saturated rings. The predicted molar refractivity (Wildman–Crippen MR) is 79.5 cm³/mol. The molecule has 1 unspecified atom stereocenters. The standard InChI is InChI=1S/C15H29N3O2/c16-7-2-3-8-17-9-5-10-18(12-11-17)15(19)14-6-1-4-13-20-14/h14H,1-13,16H2. The molecule has 0 aromatic rings. The van der Waals surface area contributed by atoms with Gasteiger partial charge in [-0.15, -0.1) is 0 Å². The van der Waals surface area contributed by atoms with E-state index in [0.717, 1.165) is 84.4 Å². The normalized spacial score (nSPS) is 25.4. The van der Waals surface area contributed by atoms with E-state index in [1.807, 2.05) is 4.90 Å². The van der Waals surface area contributed by atoms with Gasteiger partial charge in [-0.25, -0.2) is 0 Å². The van der Waals surface area contributed by atoms with E-state index in [1.54, 1.807) is 0 Å². The molecule has 2 N–H and O–H groups in total. The minimum atomic E-state index is -0.174. The van der Waals surface area contributed by atoms with Crippen LogP contribution < -0.4 is 5.73 Å². The summed E-state index contributed by atoms with van der Waals surface area (Å²) in [6, 6.07) is 0. The van der Waals surface area contributed by atoms with E-state index in [9.17, 15) is 4.79 Å². The van der Waals surface area contributed by atoms with Crippen molar-refractivity contribution in [2.75, 3.05) is 45.9 Å². The van der Waals surface area contributed by atoms with Gasteiger partial charge >= 0.3 is 0 Å². The van der Waals surface area contributed by atoms with Crippen LogP contribution >= 0.6 is 0 Å². The molecule has 2 aliphatic rings. The van der Waals surface area contributed by atoms with Gasteiger partial charge in [0, 0.05) is 26.2 Å². The number of carbonyl (C=O) groups excluding carboxylic acids is 1. The summed E-state index contributed by atoms with van der Waals surface area (Å²) in [6.07, 6.45) is 6.27. The smallest absolute Gasteiger partial charge is 0.251 e. The first-order chi connectivity index (χ1) is 9.81. The Kier molecular flexibility index (Phi) is 6.76. The van der Waals surface area contributed by atoms with Crippen molar-refractivity contribution in [1.82, 2.24) is 9.80 Å². The molecule has 5 nitrogen and oxygen atoms in total. The fraction of sp³-hybridized carbons (Fsp3) is 0.933. The van der Waals surface area contributed by atoms with Gasteiger partial charge in [-0.1, -0.05) is 0 Å². The van der Waals surface area contributed by atoms with Crippen LogP contribution in [0.15, 0.2) is 0 Å². The summed E-state index contributed by atoms with van der Waals surface area (Å²) >= 11 is 0. The maximum absolute atomic E-state index is 12.4. The van der Waals surface area contributed by atoms with E-state index >= 15 is 0 Å². The molecule has 2 heterocycles. The lowest BCUT2D eigenvalue weighted by molar-refractivity contribution is -0.146. The summed E-state index contributed by atoms with van der Waals surface area (Å²) in [5.41, 5.74) is 5.53. The average Bonchev–Trinajstić information content (AvgIpc) is 2.73. The fourth-order valence-electron chi connectivity index (χ4n) is 3.03. The second-order valence-electron chi connectivity index (χ2n) is 5.87. The summed E-state index contributed by atoms with van der Waals surface area (Å²) in [5.74, 6) is 0.216.